The van der Waals surface area contributed by atoms with Crippen molar-refractivity contribution in [3.8, 4) is 11.5 Å². The molecule has 0 aliphatic heterocycles. The smallest absolute Gasteiger partial charge is 0.331 e. The van der Waals surface area contributed by atoms with Crippen LogP contribution in [0.4, 0.5) is 0 Å². The lowest BCUT2D eigenvalue weighted by molar-refractivity contribution is -0.149. The molecule has 0 saturated carbocycles. The van der Waals surface area contributed by atoms with Crippen molar-refractivity contribution in [3.63, 3.8) is 0 Å². The molecule has 1 N–H and O–H groups in total. The quantitative estimate of drug-likeness (QED) is 0.615. The van der Waals surface area contributed by atoms with Gasteiger partial charge in [0.05, 0.1) is 21.3 Å². The van der Waals surface area contributed by atoms with Crippen LogP contribution in [0, 0.1) is 0 Å². The number of esters is 1. The molecule has 0 aliphatic rings. The summed E-state index contributed by atoms with van der Waals surface area (Å²) in [7, 11) is 4.40. The first-order chi connectivity index (χ1) is 10.9. The van der Waals surface area contributed by atoms with E-state index in [1.807, 2.05) is 0 Å². The van der Waals surface area contributed by atoms with E-state index in [-0.39, 0.29) is 5.91 Å². The summed E-state index contributed by atoms with van der Waals surface area (Å²) in [6.45, 7) is 3.42. The van der Waals surface area contributed by atoms with Gasteiger partial charge < -0.3 is 19.5 Å². The summed E-state index contributed by atoms with van der Waals surface area (Å²) in [5, 5.41) is 2.66. The molecule has 0 saturated heterocycles. The Bertz CT molecular complexity index is 574. The third-order valence-corrected chi connectivity index (χ3v) is 3.54. The van der Waals surface area contributed by atoms with Crippen molar-refractivity contribution in [3.05, 3.63) is 29.8 Å². The van der Waals surface area contributed by atoms with Gasteiger partial charge in [0, 0.05) is 12.1 Å². The van der Waals surface area contributed by atoms with Crippen molar-refractivity contribution in [2.45, 2.75) is 25.8 Å². The second kappa shape index (κ2) is 8.22. The van der Waals surface area contributed by atoms with Crippen LogP contribution in [-0.4, -0.2) is 38.7 Å². The maximum Gasteiger partial charge on any atom is 0.331 e. The van der Waals surface area contributed by atoms with Gasteiger partial charge in [0.1, 0.15) is 17.0 Å². The van der Waals surface area contributed by atoms with Crippen molar-refractivity contribution in [1.29, 1.82) is 0 Å². The van der Waals surface area contributed by atoms with Crippen LogP contribution in [-0.2, 0) is 14.3 Å². The Kier molecular flexibility index (Phi) is 6.63. The third-order valence-electron chi connectivity index (χ3n) is 3.54. The first-order valence-electron chi connectivity index (χ1n) is 7.20. The fourth-order valence-electron chi connectivity index (χ4n) is 1.92. The number of carbonyl (C=O) groups is 2. The standard InChI is InChI=1S/C17H23NO5/c1-6-17(2,16(20)23-5)18-15(19)8-7-12-9-13(21-3)11-14(10-12)22-4/h7-11H,6H2,1-5H3,(H,18,19)/b8-7-/t17-/m1/s1. The summed E-state index contributed by atoms with van der Waals surface area (Å²) in [5.74, 6) is 0.376. The minimum Gasteiger partial charge on any atom is -0.497 e. The van der Waals surface area contributed by atoms with Gasteiger partial charge in [-0.15, -0.1) is 0 Å². The van der Waals surface area contributed by atoms with Crippen molar-refractivity contribution in [2.24, 2.45) is 0 Å². The van der Waals surface area contributed by atoms with Gasteiger partial charge >= 0.3 is 5.97 Å². The third kappa shape index (κ3) is 5.02. The molecule has 1 aromatic carbocycles. The summed E-state index contributed by atoms with van der Waals surface area (Å²) in [4.78, 5) is 23.8. The van der Waals surface area contributed by atoms with Gasteiger partial charge in [-0.2, -0.15) is 0 Å². The average molecular weight is 321 g/mol. The van der Waals surface area contributed by atoms with E-state index in [4.69, 9.17) is 14.2 Å². The largest absolute Gasteiger partial charge is 0.497 e. The highest BCUT2D eigenvalue weighted by molar-refractivity contribution is 5.96. The number of carbonyl (C=O) groups excluding carboxylic acids is 2. The van der Waals surface area contributed by atoms with Crippen molar-refractivity contribution < 1.29 is 23.8 Å². The summed E-state index contributed by atoms with van der Waals surface area (Å²) < 4.78 is 15.1. The topological polar surface area (TPSA) is 73.9 Å². The fourth-order valence-corrected chi connectivity index (χ4v) is 1.92. The van der Waals surface area contributed by atoms with Crippen LogP contribution in [0.2, 0.25) is 0 Å². The van der Waals surface area contributed by atoms with E-state index in [1.165, 1.54) is 13.2 Å². The molecule has 0 unspecified atom stereocenters. The van der Waals surface area contributed by atoms with E-state index >= 15 is 0 Å². The highest BCUT2D eigenvalue weighted by Gasteiger charge is 2.33. The van der Waals surface area contributed by atoms with E-state index in [9.17, 15) is 9.59 Å². The second-order valence-electron chi connectivity index (χ2n) is 5.15. The van der Waals surface area contributed by atoms with Crippen LogP contribution >= 0.6 is 0 Å². The van der Waals surface area contributed by atoms with E-state index in [0.717, 1.165) is 5.56 Å². The summed E-state index contributed by atoms with van der Waals surface area (Å²) in [6, 6.07) is 5.28. The number of hydrogen-bond donors (Lipinski definition) is 1. The molecule has 0 heterocycles. The van der Waals surface area contributed by atoms with Crippen LogP contribution in [0.25, 0.3) is 6.08 Å². The number of hydrogen-bond acceptors (Lipinski definition) is 5. The van der Waals surface area contributed by atoms with E-state index < -0.39 is 11.5 Å². The molecule has 0 spiro atoms. The molecule has 0 aliphatic carbocycles. The molecule has 0 fully saturated rings. The Morgan fingerprint density at radius 1 is 1.13 bits per heavy atom. The molecule has 0 radical (unpaired) electrons. The van der Waals surface area contributed by atoms with Crippen molar-refractivity contribution in [1.82, 2.24) is 5.32 Å². The van der Waals surface area contributed by atoms with Gasteiger partial charge in [0.25, 0.3) is 0 Å². The number of ether oxygens (including phenoxy) is 3. The van der Waals surface area contributed by atoms with E-state index in [2.05, 4.69) is 5.32 Å². The van der Waals surface area contributed by atoms with Gasteiger partial charge in [0.2, 0.25) is 5.91 Å². The predicted molar refractivity (Wildman–Crippen MR) is 87.4 cm³/mol. The predicted octanol–water partition coefficient (Wildman–Crippen LogP) is 2.17. The number of benzene rings is 1. The van der Waals surface area contributed by atoms with E-state index in [1.54, 1.807) is 52.3 Å². The molecule has 6 nitrogen and oxygen atoms in total. The molecule has 126 valence electrons. The highest BCUT2D eigenvalue weighted by atomic mass is 16.5. The van der Waals surface area contributed by atoms with Gasteiger partial charge in [-0.25, -0.2) is 4.79 Å². The van der Waals surface area contributed by atoms with Crippen LogP contribution in [0.3, 0.4) is 0 Å². The number of amides is 1. The maximum atomic E-state index is 12.1. The monoisotopic (exact) mass is 321 g/mol. The zero-order valence-electron chi connectivity index (χ0n) is 14.1. The molecule has 6 heteroatoms. The fraction of sp³-hybridized carbons (Fsp3) is 0.412. The van der Waals surface area contributed by atoms with Gasteiger partial charge in [-0.1, -0.05) is 6.92 Å². The minimum absolute atomic E-state index is 0.387. The Balaban J connectivity index is 2.88. The Morgan fingerprint density at radius 2 is 1.70 bits per heavy atom. The molecular formula is C17H23NO5. The Hall–Kier alpha value is -2.50. The second-order valence-corrected chi connectivity index (χ2v) is 5.15. The first kappa shape index (κ1) is 18.5. The molecule has 23 heavy (non-hydrogen) atoms. The van der Waals surface area contributed by atoms with Crippen LogP contribution in [0.15, 0.2) is 24.3 Å². The van der Waals surface area contributed by atoms with Crippen LogP contribution in [0.1, 0.15) is 25.8 Å². The lowest BCUT2D eigenvalue weighted by atomic mass is 9.99. The average Bonchev–Trinajstić information content (AvgIpc) is 2.58. The minimum atomic E-state index is -1.05. The summed E-state index contributed by atoms with van der Waals surface area (Å²) in [5.41, 5.74) is -0.310. The first-order valence-corrected chi connectivity index (χ1v) is 7.20. The zero-order chi connectivity index (χ0) is 17.5. The molecule has 1 aromatic rings. The van der Waals surface area contributed by atoms with Crippen LogP contribution in [0.5, 0.6) is 11.5 Å². The Morgan fingerprint density at radius 3 is 2.13 bits per heavy atom. The lowest BCUT2D eigenvalue weighted by Gasteiger charge is -2.25. The van der Waals surface area contributed by atoms with Gasteiger partial charge in [-0.3, -0.25) is 4.79 Å². The van der Waals surface area contributed by atoms with Gasteiger partial charge in [-0.05, 0) is 37.1 Å². The zero-order valence-corrected chi connectivity index (χ0v) is 14.1. The molecule has 1 atom stereocenters. The van der Waals surface area contributed by atoms with E-state index in [0.29, 0.717) is 17.9 Å². The van der Waals surface area contributed by atoms with Gasteiger partial charge in [0.15, 0.2) is 0 Å². The molecule has 0 aromatic heterocycles. The molecule has 1 rings (SSSR count). The molecular weight excluding hydrogens is 298 g/mol. The summed E-state index contributed by atoms with van der Waals surface area (Å²) in [6.07, 6.45) is 3.39. The lowest BCUT2D eigenvalue weighted by Crippen LogP contribution is -2.51. The number of methoxy groups -OCH3 is 3. The van der Waals surface area contributed by atoms with Crippen LogP contribution < -0.4 is 14.8 Å². The maximum absolute atomic E-state index is 12.1. The SMILES string of the molecule is CC[C@@](C)(NC(=O)/C=C\c1cc(OC)cc(OC)c1)C(=O)OC. The normalized spacial score (nSPS) is 13.3. The number of rotatable bonds is 7. The highest BCUT2D eigenvalue weighted by Crippen LogP contribution is 2.23. The van der Waals surface area contributed by atoms with Crippen molar-refractivity contribution in [2.75, 3.05) is 21.3 Å². The summed E-state index contributed by atoms with van der Waals surface area (Å²) >= 11 is 0. The number of nitrogens with one attached hydrogen (secondary N) is 1. The van der Waals surface area contributed by atoms with Crippen molar-refractivity contribution >= 4 is 18.0 Å². The molecule has 1 amide bonds. The molecule has 0 bridgehead atoms. The Labute approximate surface area is 136 Å².